The van der Waals surface area contributed by atoms with Crippen LogP contribution in [0.3, 0.4) is 0 Å². The van der Waals surface area contributed by atoms with Crippen LogP contribution in [-0.4, -0.2) is 36.1 Å². The third kappa shape index (κ3) is 2.57. The Morgan fingerprint density at radius 3 is 2.47 bits per heavy atom. The first-order valence-corrected chi connectivity index (χ1v) is 7.45. The molecule has 1 atom stereocenters. The average Bonchev–Trinajstić information content (AvgIpc) is 2.62. The lowest BCUT2D eigenvalue weighted by molar-refractivity contribution is -0.941. The molecule has 2 aliphatic rings. The predicted molar refractivity (Wildman–Crippen MR) is 69.8 cm³/mol. The molecule has 0 aromatic heterocycles. The molecule has 2 rings (SSSR count). The summed E-state index contributed by atoms with van der Waals surface area (Å²) >= 11 is 1.63. The van der Waals surface area contributed by atoms with E-state index in [1.54, 1.807) is 18.7 Å². The van der Waals surface area contributed by atoms with E-state index in [9.17, 15) is 4.79 Å². The van der Waals surface area contributed by atoms with Crippen molar-refractivity contribution in [2.75, 3.05) is 19.3 Å². The number of thioether (sulfide) groups is 1. The quantitative estimate of drug-likeness (QED) is 0.626. The normalized spacial score (nSPS) is 31.2. The molecule has 0 saturated carbocycles. The minimum absolute atomic E-state index is 0.0603. The summed E-state index contributed by atoms with van der Waals surface area (Å²) in [5, 5.41) is 6.75. The molecule has 0 radical (unpaired) electrons. The molecule has 6 heteroatoms. The van der Waals surface area contributed by atoms with Crippen molar-refractivity contribution in [1.82, 2.24) is 10.7 Å². The maximum Gasteiger partial charge on any atom is 0.317 e. The lowest BCUT2D eigenvalue weighted by atomic mass is 10.2. The van der Waals surface area contributed by atoms with E-state index in [0.717, 1.165) is 13.1 Å². The molecule has 5 nitrogen and oxygen atoms in total. The zero-order valence-electron chi connectivity index (χ0n) is 10.5. The summed E-state index contributed by atoms with van der Waals surface area (Å²) in [6.07, 6.45) is 7.05. The highest BCUT2D eigenvalue weighted by atomic mass is 32.2. The summed E-state index contributed by atoms with van der Waals surface area (Å²) in [5.41, 5.74) is 3.65. The lowest BCUT2D eigenvalue weighted by Crippen LogP contribution is -3.24. The molecule has 1 saturated heterocycles. The molecule has 0 aromatic rings. The topological polar surface area (TPSA) is 57.9 Å². The van der Waals surface area contributed by atoms with Crippen LogP contribution in [0.5, 0.6) is 0 Å². The number of hydrazone groups is 1. The Bertz CT molecular complexity index is 325. The van der Waals surface area contributed by atoms with Gasteiger partial charge in [0.25, 0.3) is 5.91 Å². The molecule has 2 heterocycles. The van der Waals surface area contributed by atoms with Crippen LogP contribution >= 0.6 is 11.8 Å². The molecule has 0 unspecified atom stereocenters. The molecule has 0 bridgehead atoms. The summed E-state index contributed by atoms with van der Waals surface area (Å²) < 4.78 is 0. The van der Waals surface area contributed by atoms with Crippen LogP contribution in [0.15, 0.2) is 5.10 Å². The zero-order valence-corrected chi connectivity index (χ0v) is 11.3. The summed E-state index contributed by atoms with van der Waals surface area (Å²) in [6, 6.07) is 0. The Balaban J connectivity index is 2.16. The summed E-state index contributed by atoms with van der Waals surface area (Å²) in [7, 11) is 0. The SMILES string of the molecule is CS[C@@]1([NH+]2CCCCCC2)NN=C(C)C(=O)N1. The fourth-order valence-corrected chi connectivity index (χ4v) is 3.23. The highest BCUT2D eigenvalue weighted by molar-refractivity contribution is 7.99. The van der Waals surface area contributed by atoms with Crippen molar-refractivity contribution in [3.05, 3.63) is 0 Å². The van der Waals surface area contributed by atoms with Gasteiger partial charge in [0, 0.05) is 0 Å². The minimum atomic E-state index is -0.471. The number of hydrogen-bond acceptors (Lipinski definition) is 4. The monoisotopic (exact) mass is 257 g/mol. The van der Waals surface area contributed by atoms with Crippen LogP contribution in [0.4, 0.5) is 0 Å². The van der Waals surface area contributed by atoms with Gasteiger partial charge >= 0.3 is 5.12 Å². The van der Waals surface area contributed by atoms with Crippen LogP contribution in [0.25, 0.3) is 0 Å². The minimum Gasteiger partial charge on any atom is -0.284 e. The first-order chi connectivity index (χ1) is 8.18. The Morgan fingerprint density at radius 1 is 1.29 bits per heavy atom. The van der Waals surface area contributed by atoms with E-state index in [2.05, 4.69) is 15.8 Å². The molecule has 3 N–H and O–H groups in total. The number of carbonyl (C=O) groups excluding carboxylic acids is 1. The number of rotatable bonds is 2. The van der Waals surface area contributed by atoms with E-state index in [4.69, 9.17) is 0 Å². The second-order valence-corrected chi connectivity index (χ2v) is 5.69. The highest BCUT2D eigenvalue weighted by Crippen LogP contribution is 2.13. The van der Waals surface area contributed by atoms with Gasteiger partial charge in [-0.15, -0.1) is 0 Å². The Kier molecular flexibility index (Phi) is 3.93. The summed E-state index contributed by atoms with van der Waals surface area (Å²) in [6.45, 7) is 3.90. The number of nitrogens with zero attached hydrogens (tertiary/aromatic N) is 1. The van der Waals surface area contributed by atoms with E-state index < -0.39 is 5.12 Å². The molecular formula is C11H21N4OS+. The average molecular weight is 257 g/mol. The Morgan fingerprint density at radius 2 is 1.94 bits per heavy atom. The number of hydrogen-bond donors (Lipinski definition) is 3. The molecule has 1 amide bonds. The van der Waals surface area contributed by atoms with Crippen molar-refractivity contribution in [3.8, 4) is 0 Å². The van der Waals surface area contributed by atoms with Crippen molar-refractivity contribution < 1.29 is 9.69 Å². The third-order valence-electron chi connectivity index (χ3n) is 3.51. The van der Waals surface area contributed by atoms with Gasteiger partial charge in [-0.2, -0.15) is 5.10 Å². The Labute approximate surface area is 106 Å². The van der Waals surface area contributed by atoms with Crippen molar-refractivity contribution in [3.63, 3.8) is 0 Å². The van der Waals surface area contributed by atoms with Crippen molar-refractivity contribution in [2.45, 2.75) is 37.7 Å². The van der Waals surface area contributed by atoms with Gasteiger partial charge in [0.2, 0.25) is 0 Å². The van der Waals surface area contributed by atoms with Crippen LogP contribution in [0, 0.1) is 0 Å². The molecule has 0 aliphatic carbocycles. The smallest absolute Gasteiger partial charge is 0.284 e. The fraction of sp³-hybridized carbons (Fsp3) is 0.818. The van der Waals surface area contributed by atoms with Gasteiger partial charge in [-0.1, -0.05) is 0 Å². The molecule has 2 aliphatic heterocycles. The number of amides is 1. The second kappa shape index (κ2) is 5.27. The number of likely N-dealkylation sites (tertiary alicyclic amines) is 1. The van der Waals surface area contributed by atoms with Crippen LogP contribution in [0.1, 0.15) is 32.6 Å². The van der Waals surface area contributed by atoms with Crippen molar-refractivity contribution in [1.29, 1.82) is 0 Å². The molecule has 0 aromatic carbocycles. The van der Waals surface area contributed by atoms with Gasteiger partial charge < -0.3 is 0 Å². The third-order valence-corrected chi connectivity index (χ3v) is 4.60. The largest absolute Gasteiger partial charge is 0.317 e. The van der Waals surface area contributed by atoms with Gasteiger partial charge in [0.05, 0.1) is 13.1 Å². The summed E-state index contributed by atoms with van der Waals surface area (Å²) in [5.74, 6) is -0.0603. The first kappa shape index (κ1) is 12.7. The van der Waals surface area contributed by atoms with Crippen LogP contribution in [0.2, 0.25) is 0 Å². The molecular weight excluding hydrogens is 236 g/mol. The summed E-state index contributed by atoms with van der Waals surface area (Å²) in [4.78, 5) is 13.2. The maximum atomic E-state index is 11.8. The molecule has 1 fully saturated rings. The van der Waals surface area contributed by atoms with Crippen LogP contribution in [-0.2, 0) is 4.79 Å². The van der Waals surface area contributed by atoms with Crippen LogP contribution < -0.4 is 15.6 Å². The predicted octanol–water partition coefficient (Wildman–Crippen LogP) is -0.485. The lowest BCUT2D eigenvalue weighted by Gasteiger charge is -2.40. The number of nitrogens with one attached hydrogen (secondary N) is 3. The van der Waals surface area contributed by atoms with Gasteiger partial charge in [-0.25, -0.2) is 5.43 Å². The van der Waals surface area contributed by atoms with E-state index in [1.807, 2.05) is 6.26 Å². The van der Waals surface area contributed by atoms with Gasteiger partial charge in [-0.05, 0) is 50.6 Å². The zero-order chi connectivity index (χ0) is 12.3. The van der Waals surface area contributed by atoms with E-state index >= 15 is 0 Å². The number of quaternary nitrogens is 1. The van der Waals surface area contributed by atoms with Gasteiger partial charge in [0.1, 0.15) is 5.71 Å². The fourth-order valence-electron chi connectivity index (χ4n) is 2.41. The van der Waals surface area contributed by atoms with Gasteiger partial charge in [-0.3, -0.25) is 15.0 Å². The molecule has 17 heavy (non-hydrogen) atoms. The van der Waals surface area contributed by atoms with Crippen molar-refractivity contribution in [2.24, 2.45) is 5.10 Å². The van der Waals surface area contributed by atoms with Gasteiger partial charge in [0.15, 0.2) is 0 Å². The first-order valence-electron chi connectivity index (χ1n) is 6.22. The Hall–Kier alpha value is -0.750. The highest BCUT2D eigenvalue weighted by Gasteiger charge is 2.44. The molecule has 0 spiro atoms. The van der Waals surface area contributed by atoms with E-state index in [1.165, 1.54) is 30.6 Å². The second-order valence-electron chi connectivity index (χ2n) is 4.67. The van der Waals surface area contributed by atoms with E-state index in [0.29, 0.717) is 5.71 Å². The maximum absolute atomic E-state index is 11.8. The van der Waals surface area contributed by atoms with Crippen molar-refractivity contribution >= 4 is 23.4 Å². The molecule has 96 valence electrons. The standard InChI is InChI=1S/C11H20N4OS/c1-9-10(16)12-11(17-2,14-13-9)15-7-5-3-4-6-8-15/h14H,3-8H2,1-2H3,(H,12,16)/p+1/t11-/m1/s1. The van der Waals surface area contributed by atoms with E-state index in [-0.39, 0.29) is 5.91 Å². The number of carbonyl (C=O) groups is 1.